The molecule has 0 bridgehead atoms. The highest BCUT2D eigenvalue weighted by Gasteiger charge is 2.30. The third-order valence-corrected chi connectivity index (χ3v) is 4.33. The lowest BCUT2D eigenvalue weighted by molar-refractivity contribution is 0.270. The van der Waals surface area contributed by atoms with Crippen LogP contribution in [0.1, 0.15) is 43.1 Å². The largest absolute Gasteiger partial charge is 0.339 e. The number of benzene rings is 1. The summed E-state index contributed by atoms with van der Waals surface area (Å²) in [6.07, 6.45) is 4.58. The topological polar surface area (TPSA) is 51.0 Å². The van der Waals surface area contributed by atoms with E-state index in [1.54, 1.807) is 13.0 Å². The molecule has 112 valence electrons. The number of hydrogen-bond acceptors (Lipinski definition) is 4. The molecule has 21 heavy (non-hydrogen) atoms. The fraction of sp³-hybridized carbons (Fsp3) is 0.500. The Kier molecular flexibility index (Phi) is 4.01. The first kappa shape index (κ1) is 14.2. The van der Waals surface area contributed by atoms with E-state index in [0.717, 1.165) is 12.8 Å². The molecule has 1 aliphatic rings. The number of nitrogens with zero attached hydrogens (tertiary/aromatic N) is 2. The molecule has 2 atom stereocenters. The zero-order chi connectivity index (χ0) is 14.8. The molecule has 0 radical (unpaired) electrons. The van der Waals surface area contributed by atoms with Gasteiger partial charge in [-0.1, -0.05) is 30.1 Å². The van der Waals surface area contributed by atoms with Crippen molar-refractivity contribution < 1.29 is 8.91 Å². The lowest BCUT2D eigenvalue weighted by Crippen LogP contribution is -2.34. The van der Waals surface area contributed by atoms with Crippen LogP contribution in [0.25, 0.3) is 11.4 Å². The first-order valence-electron chi connectivity index (χ1n) is 7.46. The summed E-state index contributed by atoms with van der Waals surface area (Å²) in [5, 5.41) is 7.35. The molecular formula is C16H20FN3O. The van der Waals surface area contributed by atoms with Gasteiger partial charge in [0.15, 0.2) is 0 Å². The molecule has 0 saturated heterocycles. The minimum Gasteiger partial charge on any atom is -0.339 e. The highest BCUT2D eigenvalue weighted by atomic mass is 19.1. The van der Waals surface area contributed by atoms with Crippen molar-refractivity contribution in [2.75, 3.05) is 7.05 Å². The van der Waals surface area contributed by atoms with Gasteiger partial charge in [0, 0.05) is 11.6 Å². The molecule has 0 aliphatic heterocycles. The van der Waals surface area contributed by atoms with E-state index in [9.17, 15) is 4.39 Å². The smallest absolute Gasteiger partial charge is 0.231 e. The Morgan fingerprint density at radius 2 is 2.10 bits per heavy atom. The predicted octanol–water partition coefficient (Wildman–Crippen LogP) is 3.43. The van der Waals surface area contributed by atoms with E-state index in [4.69, 9.17) is 4.52 Å². The summed E-state index contributed by atoms with van der Waals surface area (Å²) >= 11 is 0. The number of nitrogens with one attached hydrogen (secondary N) is 1. The molecule has 0 amide bonds. The Morgan fingerprint density at radius 1 is 1.29 bits per heavy atom. The first-order valence-corrected chi connectivity index (χ1v) is 7.46. The Bertz CT molecular complexity index is 626. The van der Waals surface area contributed by atoms with Gasteiger partial charge in [0.2, 0.25) is 11.7 Å². The lowest BCUT2D eigenvalue weighted by atomic mass is 9.84. The van der Waals surface area contributed by atoms with Crippen LogP contribution >= 0.6 is 0 Å². The van der Waals surface area contributed by atoms with Gasteiger partial charge in [0.05, 0.1) is 5.92 Å². The number of aryl methyl sites for hydroxylation is 1. The Morgan fingerprint density at radius 3 is 2.86 bits per heavy atom. The van der Waals surface area contributed by atoms with Gasteiger partial charge in [0.25, 0.3) is 0 Å². The van der Waals surface area contributed by atoms with Crippen molar-refractivity contribution in [3.8, 4) is 11.4 Å². The number of rotatable bonds is 3. The minimum absolute atomic E-state index is 0.246. The summed E-state index contributed by atoms with van der Waals surface area (Å²) in [7, 11) is 1.97. The van der Waals surface area contributed by atoms with Crippen molar-refractivity contribution in [1.82, 2.24) is 15.5 Å². The average molecular weight is 289 g/mol. The van der Waals surface area contributed by atoms with E-state index < -0.39 is 0 Å². The van der Waals surface area contributed by atoms with Crippen molar-refractivity contribution in [3.63, 3.8) is 0 Å². The van der Waals surface area contributed by atoms with Gasteiger partial charge in [-0.15, -0.1) is 0 Å². The number of halogens is 1. The normalized spacial score (nSPS) is 22.4. The second-order valence-electron chi connectivity index (χ2n) is 5.71. The Labute approximate surface area is 123 Å². The Balaban J connectivity index is 1.86. The average Bonchev–Trinajstić information content (AvgIpc) is 2.99. The molecule has 3 rings (SSSR count). The molecular weight excluding hydrogens is 269 g/mol. The maximum atomic E-state index is 13.6. The molecule has 2 aromatic rings. The highest BCUT2D eigenvalue weighted by Crippen LogP contribution is 2.33. The zero-order valence-electron chi connectivity index (χ0n) is 12.4. The molecule has 1 aliphatic carbocycles. The van der Waals surface area contributed by atoms with Crippen LogP contribution in [0.15, 0.2) is 22.7 Å². The van der Waals surface area contributed by atoms with E-state index in [2.05, 4.69) is 15.5 Å². The standard InChI is InChI=1S/C16H20FN3O/c1-10-7-8-11(9-13(10)17)15-19-16(21-20-15)12-5-3-4-6-14(12)18-2/h7-9,12,14,18H,3-6H2,1-2H3. The van der Waals surface area contributed by atoms with Crippen molar-refractivity contribution in [1.29, 1.82) is 0 Å². The molecule has 1 fully saturated rings. The maximum Gasteiger partial charge on any atom is 0.231 e. The Hall–Kier alpha value is -1.75. The molecule has 5 heteroatoms. The fourth-order valence-electron chi connectivity index (χ4n) is 3.01. The number of aromatic nitrogens is 2. The molecule has 1 heterocycles. The number of likely N-dealkylation sites (N-methyl/N-ethyl adjacent to an activating group) is 1. The van der Waals surface area contributed by atoms with Crippen molar-refractivity contribution in [2.24, 2.45) is 0 Å². The quantitative estimate of drug-likeness (QED) is 0.940. The lowest BCUT2D eigenvalue weighted by Gasteiger charge is -2.28. The van der Waals surface area contributed by atoms with Gasteiger partial charge >= 0.3 is 0 Å². The summed E-state index contributed by atoms with van der Waals surface area (Å²) in [5.74, 6) is 1.12. The van der Waals surface area contributed by atoms with E-state index >= 15 is 0 Å². The fourth-order valence-corrected chi connectivity index (χ4v) is 3.01. The highest BCUT2D eigenvalue weighted by molar-refractivity contribution is 5.55. The summed E-state index contributed by atoms with van der Waals surface area (Å²) in [6, 6.07) is 5.39. The van der Waals surface area contributed by atoms with E-state index in [-0.39, 0.29) is 11.7 Å². The molecule has 4 nitrogen and oxygen atoms in total. The molecule has 1 aromatic heterocycles. The summed E-state index contributed by atoms with van der Waals surface area (Å²) in [4.78, 5) is 4.49. The zero-order valence-corrected chi connectivity index (χ0v) is 12.4. The second-order valence-corrected chi connectivity index (χ2v) is 5.71. The van der Waals surface area contributed by atoms with Crippen LogP contribution in [0.4, 0.5) is 4.39 Å². The third kappa shape index (κ3) is 2.83. The summed E-state index contributed by atoms with van der Waals surface area (Å²) in [6.45, 7) is 1.74. The van der Waals surface area contributed by atoms with Crippen molar-refractivity contribution in [2.45, 2.75) is 44.6 Å². The second kappa shape index (κ2) is 5.93. The van der Waals surface area contributed by atoms with E-state index in [1.807, 2.05) is 13.1 Å². The van der Waals surface area contributed by atoms with Crippen molar-refractivity contribution >= 4 is 0 Å². The van der Waals surface area contributed by atoms with Crippen molar-refractivity contribution in [3.05, 3.63) is 35.5 Å². The maximum absolute atomic E-state index is 13.6. The molecule has 1 N–H and O–H groups in total. The summed E-state index contributed by atoms with van der Waals surface area (Å²) < 4.78 is 19.1. The van der Waals surface area contributed by atoms with Crippen LogP contribution in [-0.2, 0) is 0 Å². The van der Waals surface area contributed by atoms with Gasteiger partial charge in [-0.2, -0.15) is 4.98 Å². The first-order chi connectivity index (χ1) is 10.2. The van der Waals surface area contributed by atoms with Gasteiger partial charge < -0.3 is 9.84 Å². The molecule has 1 aromatic carbocycles. The van der Waals surface area contributed by atoms with Gasteiger partial charge in [0.1, 0.15) is 5.82 Å². The van der Waals surface area contributed by atoms with Crippen LogP contribution in [-0.4, -0.2) is 23.2 Å². The molecule has 2 unspecified atom stereocenters. The van der Waals surface area contributed by atoms with E-state index in [1.165, 1.54) is 18.9 Å². The van der Waals surface area contributed by atoms with Crippen LogP contribution in [0.2, 0.25) is 0 Å². The van der Waals surface area contributed by atoms with Crippen LogP contribution in [0.5, 0.6) is 0 Å². The molecule has 1 saturated carbocycles. The third-order valence-electron chi connectivity index (χ3n) is 4.33. The van der Waals surface area contributed by atoms with Gasteiger partial charge in [-0.25, -0.2) is 4.39 Å². The monoisotopic (exact) mass is 289 g/mol. The molecule has 0 spiro atoms. The van der Waals surface area contributed by atoms with E-state index in [0.29, 0.717) is 28.9 Å². The SMILES string of the molecule is CNC1CCCCC1c1nc(-c2ccc(C)c(F)c2)no1. The summed E-state index contributed by atoms with van der Waals surface area (Å²) in [5.41, 5.74) is 1.27. The predicted molar refractivity (Wildman–Crippen MR) is 78.5 cm³/mol. The van der Waals surface area contributed by atoms with Crippen LogP contribution in [0, 0.1) is 12.7 Å². The number of hydrogen-bond donors (Lipinski definition) is 1. The van der Waals surface area contributed by atoms with Crippen LogP contribution in [0.3, 0.4) is 0 Å². The minimum atomic E-state index is -0.246. The van der Waals surface area contributed by atoms with Gasteiger partial charge in [-0.3, -0.25) is 0 Å². The van der Waals surface area contributed by atoms with Crippen LogP contribution < -0.4 is 5.32 Å². The van der Waals surface area contributed by atoms with Gasteiger partial charge in [-0.05, 0) is 38.4 Å².